The van der Waals surface area contributed by atoms with Gasteiger partial charge in [-0.25, -0.2) is 0 Å². The van der Waals surface area contributed by atoms with Crippen LogP contribution in [0.25, 0.3) is 5.70 Å². The van der Waals surface area contributed by atoms with Crippen molar-refractivity contribution >= 4 is 47.2 Å². The number of amides is 3. The number of fused-ring (bicyclic) bond motifs is 8. The van der Waals surface area contributed by atoms with Gasteiger partial charge in [-0.05, 0) is 153 Å². The van der Waals surface area contributed by atoms with Crippen molar-refractivity contribution in [2.75, 3.05) is 13.2 Å². The number of hydrogen-bond donors (Lipinski definition) is 7. The van der Waals surface area contributed by atoms with Crippen LogP contribution in [0.15, 0.2) is 83.0 Å². The van der Waals surface area contributed by atoms with Crippen LogP contribution in [0.2, 0.25) is 0 Å². The van der Waals surface area contributed by atoms with Crippen molar-refractivity contribution in [3.05, 3.63) is 100 Å². The summed E-state index contributed by atoms with van der Waals surface area (Å²) in [5, 5.41) is 44.9. The number of carboxylic acids is 1. The van der Waals surface area contributed by atoms with E-state index in [1.165, 1.54) is 18.4 Å². The fourth-order valence-electron chi connectivity index (χ4n) is 16.8. The number of aliphatic hydroxyl groups excluding tert-OH is 2. The van der Waals surface area contributed by atoms with Crippen LogP contribution in [0.4, 0.5) is 0 Å². The molecule has 3 amide bonds. The Morgan fingerprint density at radius 3 is 2.38 bits per heavy atom. The Morgan fingerprint density at radius 2 is 1.67 bits per heavy atom. The van der Waals surface area contributed by atoms with Crippen molar-refractivity contribution in [3.63, 3.8) is 0 Å². The predicted molar refractivity (Wildman–Crippen MR) is 290 cm³/mol. The minimum Gasteiger partial charge on any atom is -0.481 e. The largest absolute Gasteiger partial charge is 0.481 e. The lowest BCUT2D eigenvalue weighted by atomic mass is 9.38. The van der Waals surface area contributed by atoms with E-state index in [2.05, 4.69) is 47.2 Å². The van der Waals surface area contributed by atoms with Crippen LogP contribution in [0.3, 0.4) is 0 Å². The molecule has 16 heteroatoms. The minimum atomic E-state index is -1.44. The van der Waals surface area contributed by atoms with E-state index in [1.807, 2.05) is 67.7 Å². The molecular formula is C62H77N5O11. The minimum absolute atomic E-state index is 0.00738. The lowest BCUT2D eigenvalue weighted by Gasteiger charge is -2.71. The molecule has 416 valence electrons. The van der Waals surface area contributed by atoms with Gasteiger partial charge in [-0.3, -0.25) is 34.2 Å². The molecule has 2 aliphatic heterocycles. The summed E-state index contributed by atoms with van der Waals surface area (Å²) in [7, 11) is 0. The molecule has 2 bridgehead atoms. The highest BCUT2D eigenvalue weighted by molar-refractivity contribution is 6.01. The molecule has 7 saturated carbocycles. The molecule has 2 aromatic rings. The number of Topliss-reactive ketones (excluding diaryl/α,β-unsaturated/α-hetero) is 1. The maximum Gasteiger partial charge on any atom is 0.303 e. The molecule has 12 atom stereocenters. The molecule has 2 aromatic carbocycles. The number of carbonyl (C=O) groups excluding carboxylic acids is 5. The Labute approximate surface area is 456 Å². The Morgan fingerprint density at radius 1 is 0.923 bits per heavy atom. The first-order valence-corrected chi connectivity index (χ1v) is 28.7. The zero-order valence-corrected chi connectivity index (χ0v) is 45.5. The van der Waals surface area contributed by atoms with Gasteiger partial charge in [0, 0.05) is 46.4 Å². The van der Waals surface area contributed by atoms with Crippen molar-refractivity contribution in [2.45, 2.75) is 166 Å². The zero-order chi connectivity index (χ0) is 54.9. The van der Waals surface area contributed by atoms with Crippen LogP contribution in [-0.4, -0.2) is 99.3 Å². The molecule has 0 aromatic heterocycles. The molecular weight excluding hydrogens is 991 g/mol. The highest BCUT2D eigenvalue weighted by Gasteiger charge is 2.76. The van der Waals surface area contributed by atoms with Gasteiger partial charge in [-0.2, -0.15) is 5.10 Å². The molecule has 1 saturated heterocycles. The molecule has 16 nitrogen and oxygen atoms in total. The van der Waals surface area contributed by atoms with Gasteiger partial charge >= 0.3 is 5.97 Å². The average molecular weight is 1070 g/mol. The van der Waals surface area contributed by atoms with Gasteiger partial charge in [0.05, 0.1) is 30.9 Å². The predicted octanol–water partition coefficient (Wildman–Crippen LogP) is 6.73. The lowest BCUT2D eigenvalue weighted by molar-refractivity contribution is -0.201. The van der Waals surface area contributed by atoms with E-state index >= 15 is 0 Å². The fourth-order valence-corrected chi connectivity index (χ4v) is 16.8. The van der Waals surface area contributed by atoms with Crippen LogP contribution in [0.1, 0.15) is 146 Å². The van der Waals surface area contributed by atoms with Crippen LogP contribution in [-0.2, 0) is 51.1 Å². The van der Waals surface area contributed by atoms with Gasteiger partial charge in [0.25, 0.3) is 0 Å². The summed E-state index contributed by atoms with van der Waals surface area (Å²) in [6.45, 7) is 7.69. The van der Waals surface area contributed by atoms with Crippen molar-refractivity contribution in [3.8, 4) is 0 Å². The summed E-state index contributed by atoms with van der Waals surface area (Å²) in [6, 6.07) is 14.7. The number of carboxylic acid groups (broad SMARTS) is 1. The van der Waals surface area contributed by atoms with E-state index in [0.717, 1.165) is 97.2 Å². The third kappa shape index (κ3) is 9.59. The number of ether oxygens (including phenoxy) is 2. The third-order valence-corrected chi connectivity index (χ3v) is 20.5. The summed E-state index contributed by atoms with van der Waals surface area (Å²) in [4.78, 5) is 77.9. The summed E-state index contributed by atoms with van der Waals surface area (Å²) in [6.07, 6.45) is 15.7. The van der Waals surface area contributed by atoms with E-state index in [1.54, 1.807) is 12.2 Å². The standard InChI is InChI=1S/C62H77N5O11/c1-35(2)38-6-5-7-44-41(17-16-38)29-64-67-55(44)39-12-8-36(9-13-39)24-51(72)63-30-52(73)65-47(20-21-53(74)75)56(76)66-61-32-60(33-61,34-61)27-37-10-14-40(15-11-37)57-77-50-26-46-45-19-18-42-25-43(69)22-23-58(42,3)54(45)48(70)28-59(46,4)62(50,78-57)49(71)31-68/h8-15,22-23,25,29,35,38,41,45-48,50,54,57,67-68,70H,5-7,16-21,24,26-28,30-34H2,1-4H3,(H,63,72)(H,65,73)(H,66,76)(H,74,75)/t38?,41?,45-,46-,47-,48-,50+,54+,57+,58-,59-,60?,61?,62+/m0/s1. The fraction of sp³-hybridized carbons (Fsp3) is 0.597. The number of aliphatic hydroxyl groups is 2. The normalized spacial score (nSPS) is 36.3. The van der Waals surface area contributed by atoms with Gasteiger partial charge in [-0.1, -0.05) is 87.9 Å². The average Bonchev–Trinajstić information content (AvgIpc) is 3.08. The zero-order valence-electron chi connectivity index (χ0n) is 45.5. The summed E-state index contributed by atoms with van der Waals surface area (Å²) >= 11 is 0. The van der Waals surface area contributed by atoms with Gasteiger partial charge in [0.1, 0.15) is 12.6 Å². The summed E-state index contributed by atoms with van der Waals surface area (Å²) in [5.41, 5.74) is 7.17. The Balaban J connectivity index is 0.657. The molecule has 12 rings (SSSR count). The number of nitrogens with one attached hydrogen (secondary N) is 4. The van der Waals surface area contributed by atoms with Gasteiger partial charge in [0.15, 0.2) is 23.5 Å². The molecule has 10 aliphatic rings. The van der Waals surface area contributed by atoms with Gasteiger partial charge < -0.3 is 40.7 Å². The quantitative estimate of drug-likeness (QED) is 0.0873. The number of hydrogen-bond acceptors (Lipinski definition) is 12. The molecule has 8 aliphatic carbocycles. The second-order valence-electron chi connectivity index (χ2n) is 25.6. The Hall–Kier alpha value is -5.81. The van der Waals surface area contributed by atoms with E-state index in [-0.39, 0.29) is 60.7 Å². The number of allylic oxidation sites excluding steroid dienone is 5. The molecule has 8 fully saturated rings. The number of rotatable bonds is 17. The van der Waals surface area contributed by atoms with E-state index in [4.69, 9.17) is 9.47 Å². The first kappa shape index (κ1) is 54.2. The molecule has 7 N–H and O–H groups in total. The number of hydrazone groups is 1. The van der Waals surface area contributed by atoms with Crippen LogP contribution >= 0.6 is 0 Å². The molecule has 78 heavy (non-hydrogen) atoms. The summed E-state index contributed by atoms with van der Waals surface area (Å²) in [5.74, 6) is -1.31. The molecule has 0 spiro atoms. The lowest BCUT2D eigenvalue weighted by Crippen LogP contribution is -2.76. The SMILES string of the molecule is CC(C)C1CCCC2=C(c3ccc(CC(=O)NCC(=O)N[C@@H](CCC(=O)O)C(=O)NC45CC(Cc6ccc([C@@H]7O[C@@H]8C[C@H]9[C@@H]%10CCC%11=CC(=O)C=C[C@]%11(C)[C@H]%10[C@@H](O)C[C@]9(C)[C@]8(C(=O)CO)O7)cc6)(C4)C5)cc3)NN=CC2CC1. The highest BCUT2D eigenvalue weighted by Crippen LogP contribution is 2.71. The van der Waals surface area contributed by atoms with Crippen LogP contribution < -0.4 is 21.4 Å². The molecule has 2 unspecified atom stereocenters. The molecule has 2 heterocycles. The third-order valence-electron chi connectivity index (χ3n) is 20.5. The summed E-state index contributed by atoms with van der Waals surface area (Å²) < 4.78 is 13.5. The van der Waals surface area contributed by atoms with Gasteiger partial charge in [-0.15, -0.1) is 0 Å². The van der Waals surface area contributed by atoms with E-state index < -0.39 is 76.7 Å². The number of aliphatic carboxylic acids is 1. The van der Waals surface area contributed by atoms with Crippen LogP contribution in [0, 0.1) is 51.8 Å². The maximum absolute atomic E-state index is 14.1. The van der Waals surface area contributed by atoms with Crippen molar-refractivity contribution < 1.29 is 53.6 Å². The smallest absolute Gasteiger partial charge is 0.303 e. The molecule has 0 radical (unpaired) electrons. The van der Waals surface area contributed by atoms with Crippen LogP contribution in [0.5, 0.6) is 0 Å². The number of ketones is 2. The second kappa shape index (κ2) is 20.7. The van der Waals surface area contributed by atoms with Crippen molar-refractivity contribution in [1.29, 1.82) is 0 Å². The first-order valence-electron chi connectivity index (χ1n) is 28.7. The number of benzene rings is 2. The monoisotopic (exact) mass is 1070 g/mol. The van der Waals surface area contributed by atoms with Crippen molar-refractivity contribution in [2.24, 2.45) is 56.9 Å². The number of nitrogens with zero attached hydrogens (tertiary/aromatic N) is 1. The maximum atomic E-state index is 14.1. The van der Waals surface area contributed by atoms with Crippen molar-refractivity contribution in [1.82, 2.24) is 21.4 Å². The number of carbonyl (C=O) groups is 6. The topological polar surface area (TPSA) is 242 Å². The highest BCUT2D eigenvalue weighted by atomic mass is 16.7. The first-order chi connectivity index (χ1) is 37.3. The Bertz CT molecular complexity index is 2850. The second-order valence-corrected chi connectivity index (χ2v) is 25.6. The van der Waals surface area contributed by atoms with Gasteiger partial charge in [0.2, 0.25) is 17.7 Å². The van der Waals surface area contributed by atoms with E-state index in [9.17, 15) is 44.1 Å². The Kier molecular flexibility index (Phi) is 14.4. The van der Waals surface area contributed by atoms with E-state index in [0.29, 0.717) is 24.7 Å².